The summed E-state index contributed by atoms with van der Waals surface area (Å²) in [4.78, 5) is 26.9. The first kappa shape index (κ1) is 15.3. The number of carbonyl (C=O) groups excluding carboxylic acids is 2. The molecule has 2 aliphatic rings. The van der Waals surface area contributed by atoms with Gasteiger partial charge in [-0.25, -0.2) is 0 Å². The molecule has 0 spiro atoms. The zero-order valence-electron chi connectivity index (χ0n) is 13.2. The maximum Gasteiger partial charge on any atom is 0.248 e. The van der Waals surface area contributed by atoms with Crippen LogP contribution in [0.15, 0.2) is 0 Å². The molecule has 5 heteroatoms. The minimum absolute atomic E-state index is 0.00363. The monoisotopic (exact) mass is 282 g/mol. The lowest BCUT2D eigenvalue weighted by atomic mass is 9.81. The molecular formula is C15H26N2O3. The topological polar surface area (TPSA) is 58.6 Å². The Morgan fingerprint density at radius 3 is 2.50 bits per heavy atom. The van der Waals surface area contributed by atoms with E-state index in [4.69, 9.17) is 4.74 Å². The normalized spacial score (nSPS) is 30.6. The van der Waals surface area contributed by atoms with E-state index in [-0.39, 0.29) is 17.2 Å². The summed E-state index contributed by atoms with van der Waals surface area (Å²) in [5.41, 5.74) is -1.10. The smallest absolute Gasteiger partial charge is 0.248 e. The highest BCUT2D eigenvalue weighted by Gasteiger charge is 2.49. The molecule has 0 aromatic rings. The van der Waals surface area contributed by atoms with Gasteiger partial charge in [-0.2, -0.15) is 0 Å². The molecule has 1 N–H and O–H groups in total. The van der Waals surface area contributed by atoms with Gasteiger partial charge in [0.1, 0.15) is 11.6 Å². The van der Waals surface area contributed by atoms with Gasteiger partial charge in [-0.3, -0.25) is 9.59 Å². The number of piperazine rings is 1. The van der Waals surface area contributed by atoms with E-state index < -0.39 is 11.6 Å². The summed E-state index contributed by atoms with van der Waals surface area (Å²) < 4.78 is 5.40. The number of ether oxygens (including phenoxy) is 1. The van der Waals surface area contributed by atoms with Gasteiger partial charge in [0.2, 0.25) is 11.8 Å². The quantitative estimate of drug-likeness (QED) is 0.827. The van der Waals surface area contributed by atoms with E-state index in [1.54, 1.807) is 18.7 Å². The van der Waals surface area contributed by atoms with Crippen LogP contribution in [-0.4, -0.2) is 48.1 Å². The van der Waals surface area contributed by atoms with Crippen molar-refractivity contribution in [1.29, 1.82) is 0 Å². The van der Waals surface area contributed by atoms with Crippen LogP contribution in [0, 0.1) is 11.3 Å². The van der Waals surface area contributed by atoms with E-state index in [2.05, 4.69) is 5.32 Å². The van der Waals surface area contributed by atoms with Gasteiger partial charge in [-0.15, -0.1) is 0 Å². The Bertz CT molecular complexity index is 406. The van der Waals surface area contributed by atoms with Gasteiger partial charge in [0.25, 0.3) is 0 Å². The molecule has 0 radical (unpaired) electrons. The number of amides is 2. The van der Waals surface area contributed by atoms with Crippen molar-refractivity contribution in [2.45, 2.75) is 52.6 Å². The molecule has 2 aliphatic heterocycles. The standard InChI is InChI=1S/C15H26N2O3/c1-14(2,3)11-12(18)16-15(4,5)13(19)17(11)8-10-6-7-20-9-10/h10-11H,6-9H2,1-5H3,(H,16,18). The van der Waals surface area contributed by atoms with Crippen LogP contribution in [0.2, 0.25) is 0 Å². The van der Waals surface area contributed by atoms with E-state index >= 15 is 0 Å². The van der Waals surface area contributed by atoms with E-state index in [0.717, 1.165) is 13.0 Å². The molecule has 2 unspecified atom stereocenters. The SMILES string of the molecule is CC1(C)NC(=O)C(C(C)(C)C)N(CC2CCOC2)C1=O. The molecule has 2 heterocycles. The average Bonchev–Trinajstić information content (AvgIpc) is 2.75. The Hall–Kier alpha value is -1.10. The Morgan fingerprint density at radius 2 is 2.00 bits per heavy atom. The second-order valence-electron chi connectivity index (χ2n) is 7.57. The van der Waals surface area contributed by atoms with Crippen LogP contribution in [0.1, 0.15) is 41.0 Å². The van der Waals surface area contributed by atoms with Crippen LogP contribution in [0.4, 0.5) is 0 Å². The molecule has 2 rings (SSSR count). The zero-order chi connectivity index (χ0) is 15.1. The Morgan fingerprint density at radius 1 is 1.35 bits per heavy atom. The van der Waals surface area contributed by atoms with E-state index in [0.29, 0.717) is 19.1 Å². The van der Waals surface area contributed by atoms with Crippen LogP contribution in [0.25, 0.3) is 0 Å². The lowest BCUT2D eigenvalue weighted by Crippen LogP contribution is -2.71. The number of nitrogens with one attached hydrogen (secondary N) is 1. The van der Waals surface area contributed by atoms with Crippen molar-refractivity contribution >= 4 is 11.8 Å². The van der Waals surface area contributed by atoms with Crippen molar-refractivity contribution in [3.05, 3.63) is 0 Å². The summed E-state index contributed by atoms with van der Waals surface area (Å²) in [7, 11) is 0. The number of hydrogen-bond acceptors (Lipinski definition) is 3. The van der Waals surface area contributed by atoms with Crippen molar-refractivity contribution < 1.29 is 14.3 Å². The molecule has 0 bridgehead atoms. The molecule has 20 heavy (non-hydrogen) atoms. The molecule has 2 saturated heterocycles. The van der Waals surface area contributed by atoms with Crippen LogP contribution in [-0.2, 0) is 14.3 Å². The van der Waals surface area contributed by atoms with Gasteiger partial charge in [-0.05, 0) is 25.7 Å². The first-order chi connectivity index (χ1) is 9.13. The molecule has 0 saturated carbocycles. The fraction of sp³-hybridized carbons (Fsp3) is 0.867. The molecule has 0 aromatic carbocycles. The Balaban J connectivity index is 2.27. The van der Waals surface area contributed by atoms with Crippen molar-refractivity contribution in [1.82, 2.24) is 10.2 Å². The highest BCUT2D eigenvalue weighted by molar-refractivity contribution is 5.99. The number of nitrogens with zero attached hydrogens (tertiary/aromatic N) is 1. The third-order valence-electron chi connectivity index (χ3n) is 4.09. The second-order valence-corrected chi connectivity index (χ2v) is 7.57. The van der Waals surface area contributed by atoms with Crippen LogP contribution >= 0.6 is 0 Å². The molecular weight excluding hydrogens is 256 g/mol. The third-order valence-corrected chi connectivity index (χ3v) is 4.09. The Kier molecular flexibility index (Phi) is 3.84. The second kappa shape index (κ2) is 5.02. The molecule has 114 valence electrons. The summed E-state index contributed by atoms with van der Waals surface area (Å²) in [6, 6.07) is -0.413. The van der Waals surface area contributed by atoms with Crippen molar-refractivity contribution in [3.63, 3.8) is 0 Å². The van der Waals surface area contributed by atoms with Gasteiger partial charge in [0, 0.05) is 19.1 Å². The van der Waals surface area contributed by atoms with Crippen LogP contribution in [0.5, 0.6) is 0 Å². The van der Waals surface area contributed by atoms with E-state index in [1.807, 2.05) is 20.8 Å². The van der Waals surface area contributed by atoms with E-state index in [1.165, 1.54) is 0 Å². The fourth-order valence-electron chi connectivity index (χ4n) is 3.10. The third kappa shape index (κ3) is 2.82. The predicted octanol–water partition coefficient (Wildman–Crippen LogP) is 1.17. The highest BCUT2D eigenvalue weighted by Crippen LogP contribution is 2.31. The van der Waals surface area contributed by atoms with Crippen LogP contribution in [0.3, 0.4) is 0 Å². The van der Waals surface area contributed by atoms with Crippen LogP contribution < -0.4 is 5.32 Å². The molecule has 0 aliphatic carbocycles. The van der Waals surface area contributed by atoms with Crippen molar-refractivity contribution in [2.24, 2.45) is 11.3 Å². The molecule has 2 fully saturated rings. The number of hydrogen-bond donors (Lipinski definition) is 1. The fourth-order valence-corrected chi connectivity index (χ4v) is 3.10. The maximum absolute atomic E-state index is 12.7. The zero-order valence-corrected chi connectivity index (χ0v) is 13.2. The first-order valence-electron chi connectivity index (χ1n) is 7.34. The first-order valence-corrected chi connectivity index (χ1v) is 7.34. The van der Waals surface area contributed by atoms with Crippen molar-refractivity contribution in [3.8, 4) is 0 Å². The van der Waals surface area contributed by atoms with Gasteiger partial charge >= 0.3 is 0 Å². The lowest BCUT2D eigenvalue weighted by molar-refractivity contribution is -0.158. The Labute approximate surface area is 121 Å². The summed E-state index contributed by atoms with van der Waals surface area (Å²) in [6.45, 7) is 11.6. The molecule has 0 aromatic heterocycles. The van der Waals surface area contributed by atoms with Crippen molar-refractivity contribution in [2.75, 3.05) is 19.8 Å². The van der Waals surface area contributed by atoms with Gasteiger partial charge in [0.15, 0.2) is 0 Å². The summed E-state index contributed by atoms with van der Waals surface area (Å²) in [5.74, 6) is 0.287. The maximum atomic E-state index is 12.7. The molecule has 5 nitrogen and oxygen atoms in total. The summed E-state index contributed by atoms with van der Waals surface area (Å²) >= 11 is 0. The summed E-state index contributed by atoms with van der Waals surface area (Å²) in [6.07, 6.45) is 0.961. The van der Waals surface area contributed by atoms with Gasteiger partial charge in [0.05, 0.1) is 6.61 Å². The van der Waals surface area contributed by atoms with E-state index in [9.17, 15) is 9.59 Å². The molecule has 2 amide bonds. The lowest BCUT2D eigenvalue weighted by Gasteiger charge is -2.48. The van der Waals surface area contributed by atoms with Gasteiger partial charge < -0.3 is 15.0 Å². The minimum atomic E-state index is -0.821. The number of rotatable bonds is 2. The largest absolute Gasteiger partial charge is 0.381 e. The predicted molar refractivity (Wildman–Crippen MR) is 76.1 cm³/mol. The molecule has 2 atom stereocenters. The number of carbonyl (C=O) groups is 2. The van der Waals surface area contributed by atoms with Gasteiger partial charge in [-0.1, -0.05) is 20.8 Å². The average molecular weight is 282 g/mol. The highest BCUT2D eigenvalue weighted by atomic mass is 16.5. The minimum Gasteiger partial charge on any atom is -0.381 e. The summed E-state index contributed by atoms with van der Waals surface area (Å²) in [5, 5.41) is 2.86.